The maximum absolute atomic E-state index is 13.0. The average Bonchev–Trinajstić information content (AvgIpc) is 3.02. The second-order valence-corrected chi connectivity index (χ2v) is 6.18. The molecule has 130 valence electrons. The van der Waals surface area contributed by atoms with Crippen LogP contribution in [-0.2, 0) is 0 Å². The molecule has 3 heterocycles. The third-order valence-corrected chi connectivity index (χ3v) is 4.40. The van der Waals surface area contributed by atoms with Crippen molar-refractivity contribution in [2.75, 3.05) is 21.2 Å². The van der Waals surface area contributed by atoms with Crippen molar-refractivity contribution >= 4 is 22.5 Å². The Bertz CT molecular complexity index is 1110. The van der Waals surface area contributed by atoms with Gasteiger partial charge in [0.2, 0.25) is 0 Å². The smallest absolute Gasteiger partial charge is 0.256 e. The van der Waals surface area contributed by atoms with Crippen molar-refractivity contribution in [3.05, 3.63) is 60.6 Å². The van der Waals surface area contributed by atoms with Gasteiger partial charge in [-0.05, 0) is 36.4 Å². The third kappa shape index (κ3) is 2.38. The van der Waals surface area contributed by atoms with Crippen LogP contribution in [0.15, 0.2) is 55.0 Å². The molecule has 0 aliphatic rings. The summed E-state index contributed by atoms with van der Waals surface area (Å²) >= 11 is 0. The van der Waals surface area contributed by atoms with Crippen LogP contribution in [0.1, 0.15) is 10.4 Å². The first-order chi connectivity index (χ1) is 12.6. The first-order valence-corrected chi connectivity index (χ1v) is 8.21. The minimum atomic E-state index is -0.0757. The van der Waals surface area contributed by atoms with Gasteiger partial charge in [0.1, 0.15) is 17.7 Å². The van der Waals surface area contributed by atoms with Crippen LogP contribution in [0.5, 0.6) is 5.75 Å². The number of ether oxygens (including phenoxy) is 1. The van der Waals surface area contributed by atoms with Gasteiger partial charge in [0.05, 0.1) is 29.3 Å². The van der Waals surface area contributed by atoms with Gasteiger partial charge in [-0.1, -0.05) is 6.07 Å². The van der Waals surface area contributed by atoms with Crippen LogP contribution < -0.4 is 4.74 Å². The van der Waals surface area contributed by atoms with Gasteiger partial charge in [0.25, 0.3) is 5.91 Å². The number of benzene rings is 1. The molecule has 3 aromatic heterocycles. The van der Waals surface area contributed by atoms with Crippen molar-refractivity contribution in [3.8, 4) is 17.0 Å². The second-order valence-electron chi connectivity index (χ2n) is 6.18. The number of nitrogens with zero attached hydrogens (tertiary/aromatic N) is 4. The molecule has 0 aliphatic heterocycles. The summed E-state index contributed by atoms with van der Waals surface area (Å²) in [5.74, 6) is 0.693. The molecule has 6 nitrogen and oxygen atoms in total. The van der Waals surface area contributed by atoms with Crippen molar-refractivity contribution in [1.29, 1.82) is 0 Å². The Hall–Kier alpha value is -3.41. The van der Waals surface area contributed by atoms with Crippen LogP contribution in [0.2, 0.25) is 0 Å². The monoisotopic (exact) mass is 346 g/mol. The summed E-state index contributed by atoms with van der Waals surface area (Å²) in [6.07, 6.45) is 3.44. The topological polar surface area (TPSA) is 59.7 Å². The molecule has 1 aromatic carbocycles. The number of methoxy groups -OCH3 is 1. The Balaban J connectivity index is 2.10. The summed E-state index contributed by atoms with van der Waals surface area (Å²) in [5, 5.41) is 0.752. The van der Waals surface area contributed by atoms with Crippen molar-refractivity contribution in [3.63, 3.8) is 0 Å². The van der Waals surface area contributed by atoms with Gasteiger partial charge in [-0.25, -0.2) is 9.97 Å². The zero-order chi connectivity index (χ0) is 18.3. The van der Waals surface area contributed by atoms with E-state index in [-0.39, 0.29) is 5.91 Å². The molecular formula is C20H18N4O2. The van der Waals surface area contributed by atoms with Crippen molar-refractivity contribution < 1.29 is 9.53 Å². The highest BCUT2D eigenvalue weighted by molar-refractivity contribution is 6.16. The Morgan fingerprint density at radius 3 is 2.54 bits per heavy atom. The number of rotatable bonds is 3. The quantitative estimate of drug-likeness (QED) is 0.571. The minimum Gasteiger partial charge on any atom is -0.497 e. The number of fused-ring (bicyclic) bond motifs is 3. The highest BCUT2D eigenvalue weighted by Gasteiger charge is 2.23. The minimum absolute atomic E-state index is 0.0757. The third-order valence-electron chi connectivity index (χ3n) is 4.40. The summed E-state index contributed by atoms with van der Waals surface area (Å²) in [6.45, 7) is 0. The number of pyridine rings is 1. The van der Waals surface area contributed by atoms with Crippen LogP contribution >= 0.6 is 0 Å². The maximum atomic E-state index is 13.0. The summed E-state index contributed by atoms with van der Waals surface area (Å²) in [4.78, 5) is 23.5. The van der Waals surface area contributed by atoms with Gasteiger partial charge in [0, 0.05) is 25.9 Å². The lowest BCUT2D eigenvalue weighted by atomic mass is 10.0. The predicted octanol–water partition coefficient (Wildman–Crippen LogP) is 3.26. The lowest BCUT2D eigenvalue weighted by Crippen LogP contribution is -2.21. The standard InChI is InChI=1S/C20H18N4O2/c1-23(2)20(25)16-15-6-4-5-11-24(15)19-17(16)18(21-12-22-19)13-7-9-14(26-3)10-8-13/h4-12H,1-3H3. The van der Waals surface area contributed by atoms with E-state index in [1.165, 1.54) is 6.33 Å². The molecule has 0 saturated heterocycles. The second kappa shape index (κ2) is 6.15. The lowest BCUT2D eigenvalue weighted by Gasteiger charge is -2.11. The van der Waals surface area contributed by atoms with E-state index in [4.69, 9.17) is 4.74 Å². The molecule has 1 amide bonds. The normalized spacial score (nSPS) is 11.0. The number of hydrogen-bond acceptors (Lipinski definition) is 4. The summed E-state index contributed by atoms with van der Waals surface area (Å²) in [6, 6.07) is 13.4. The molecule has 0 atom stereocenters. The van der Waals surface area contributed by atoms with Crippen molar-refractivity contribution in [2.45, 2.75) is 0 Å². The van der Waals surface area contributed by atoms with Gasteiger partial charge in [-0.3, -0.25) is 4.79 Å². The van der Waals surface area contributed by atoms with Crippen LogP contribution in [0, 0.1) is 0 Å². The number of hydrogen-bond donors (Lipinski definition) is 0. The fourth-order valence-corrected chi connectivity index (χ4v) is 3.16. The van der Waals surface area contributed by atoms with Gasteiger partial charge in [-0.15, -0.1) is 0 Å². The zero-order valence-electron chi connectivity index (χ0n) is 14.8. The van der Waals surface area contributed by atoms with E-state index in [2.05, 4.69) is 9.97 Å². The zero-order valence-corrected chi connectivity index (χ0v) is 14.8. The fraction of sp³-hybridized carbons (Fsp3) is 0.150. The average molecular weight is 346 g/mol. The van der Waals surface area contributed by atoms with Crippen molar-refractivity contribution in [2.24, 2.45) is 0 Å². The molecule has 4 rings (SSSR count). The predicted molar refractivity (Wildman–Crippen MR) is 100 cm³/mol. The van der Waals surface area contributed by atoms with E-state index in [0.29, 0.717) is 11.2 Å². The Morgan fingerprint density at radius 2 is 1.85 bits per heavy atom. The molecule has 4 aromatic rings. The molecule has 0 fully saturated rings. The van der Waals surface area contributed by atoms with Crippen LogP contribution in [-0.4, -0.2) is 46.4 Å². The van der Waals surface area contributed by atoms with E-state index < -0.39 is 0 Å². The highest BCUT2D eigenvalue weighted by Crippen LogP contribution is 2.33. The van der Waals surface area contributed by atoms with E-state index in [1.54, 1.807) is 26.1 Å². The molecule has 0 unspecified atom stereocenters. The number of carbonyl (C=O) groups is 1. The fourth-order valence-electron chi connectivity index (χ4n) is 3.16. The van der Waals surface area contributed by atoms with E-state index in [9.17, 15) is 4.79 Å². The SMILES string of the molecule is COc1ccc(-c2ncnc3c2c(C(=O)N(C)C)c2ccccn23)cc1. The first-order valence-electron chi connectivity index (χ1n) is 8.21. The summed E-state index contributed by atoms with van der Waals surface area (Å²) in [7, 11) is 5.13. The summed E-state index contributed by atoms with van der Waals surface area (Å²) < 4.78 is 7.17. The Morgan fingerprint density at radius 1 is 1.08 bits per heavy atom. The van der Waals surface area contributed by atoms with Crippen LogP contribution in [0.4, 0.5) is 0 Å². The number of aromatic nitrogens is 3. The van der Waals surface area contributed by atoms with Crippen LogP contribution in [0.3, 0.4) is 0 Å². The Kier molecular flexibility index (Phi) is 3.80. The molecule has 6 heteroatoms. The molecular weight excluding hydrogens is 328 g/mol. The summed E-state index contributed by atoms with van der Waals surface area (Å²) in [5.41, 5.74) is 3.77. The molecule has 26 heavy (non-hydrogen) atoms. The van der Waals surface area contributed by atoms with Gasteiger partial charge < -0.3 is 14.0 Å². The highest BCUT2D eigenvalue weighted by atomic mass is 16.5. The van der Waals surface area contributed by atoms with Crippen LogP contribution in [0.25, 0.3) is 27.8 Å². The van der Waals surface area contributed by atoms with Crippen molar-refractivity contribution in [1.82, 2.24) is 19.3 Å². The molecule has 0 saturated carbocycles. The Labute approximate surface area is 150 Å². The van der Waals surface area contributed by atoms with Gasteiger partial charge in [0.15, 0.2) is 0 Å². The number of carbonyl (C=O) groups excluding carboxylic acids is 1. The first kappa shape index (κ1) is 16.1. The molecule has 0 aliphatic carbocycles. The largest absolute Gasteiger partial charge is 0.497 e. The molecule has 0 radical (unpaired) electrons. The lowest BCUT2D eigenvalue weighted by molar-refractivity contribution is 0.0831. The van der Waals surface area contributed by atoms with E-state index in [1.807, 2.05) is 53.1 Å². The van der Waals surface area contributed by atoms with Gasteiger partial charge >= 0.3 is 0 Å². The van der Waals surface area contributed by atoms with Gasteiger partial charge in [-0.2, -0.15) is 0 Å². The molecule has 0 bridgehead atoms. The van der Waals surface area contributed by atoms with E-state index >= 15 is 0 Å². The molecule has 0 N–H and O–H groups in total. The number of amides is 1. The molecule has 0 spiro atoms. The maximum Gasteiger partial charge on any atom is 0.256 e. The van der Waals surface area contributed by atoms with E-state index in [0.717, 1.165) is 27.9 Å².